The standard InChI is InChI=1S/C13H21N3OS/c1-9(2)16-12(17)8-18-13-7-11(5-6-15-13)10(3)14-4/h5-7,9-10,14H,8H2,1-4H3,(H,16,17). The highest BCUT2D eigenvalue weighted by Crippen LogP contribution is 2.19. The van der Waals surface area contributed by atoms with Crippen molar-refractivity contribution in [2.24, 2.45) is 0 Å². The molecular formula is C13H21N3OS. The Morgan fingerprint density at radius 2 is 2.17 bits per heavy atom. The van der Waals surface area contributed by atoms with E-state index in [9.17, 15) is 4.79 Å². The molecule has 1 atom stereocenters. The van der Waals surface area contributed by atoms with E-state index >= 15 is 0 Å². The molecular weight excluding hydrogens is 246 g/mol. The number of rotatable bonds is 6. The van der Waals surface area contributed by atoms with E-state index in [2.05, 4.69) is 22.5 Å². The van der Waals surface area contributed by atoms with E-state index in [0.717, 1.165) is 5.03 Å². The summed E-state index contributed by atoms with van der Waals surface area (Å²) in [6, 6.07) is 4.48. The molecule has 1 aromatic rings. The molecule has 0 spiro atoms. The fraction of sp³-hybridized carbons (Fsp3) is 0.538. The van der Waals surface area contributed by atoms with Crippen LogP contribution >= 0.6 is 11.8 Å². The van der Waals surface area contributed by atoms with Crippen LogP contribution in [0.15, 0.2) is 23.4 Å². The average Bonchev–Trinajstić information content (AvgIpc) is 2.35. The Morgan fingerprint density at radius 1 is 1.44 bits per heavy atom. The number of carbonyl (C=O) groups excluding carboxylic acids is 1. The second kappa shape index (κ2) is 7.38. The first-order valence-electron chi connectivity index (χ1n) is 6.08. The molecule has 0 aliphatic heterocycles. The number of pyridine rings is 1. The van der Waals surface area contributed by atoms with E-state index in [1.54, 1.807) is 6.20 Å². The molecule has 0 saturated carbocycles. The average molecular weight is 267 g/mol. The lowest BCUT2D eigenvalue weighted by molar-refractivity contribution is -0.119. The van der Waals surface area contributed by atoms with Gasteiger partial charge in [0.05, 0.1) is 10.8 Å². The van der Waals surface area contributed by atoms with E-state index in [1.165, 1.54) is 17.3 Å². The van der Waals surface area contributed by atoms with Crippen molar-refractivity contribution in [1.82, 2.24) is 15.6 Å². The van der Waals surface area contributed by atoms with Gasteiger partial charge in [0.2, 0.25) is 5.91 Å². The maximum Gasteiger partial charge on any atom is 0.230 e. The smallest absolute Gasteiger partial charge is 0.230 e. The van der Waals surface area contributed by atoms with Crippen LogP contribution in [-0.2, 0) is 4.79 Å². The van der Waals surface area contributed by atoms with Crippen molar-refractivity contribution in [3.63, 3.8) is 0 Å². The van der Waals surface area contributed by atoms with Crippen molar-refractivity contribution in [2.45, 2.75) is 37.9 Å². The first kappa shape index (κ1) is 15.0. The quantitative estimate of drug-likeness (QED) is 0.774. The number of nitrogens with one attached hydrogen (secondary N) is 2. The van der Waals surface area contributed by atoms with E-state index in [-0.39, 0.29) is 18.0 Å². The Labute approximate surface area is 113 Å². The minimum atomic E-state index is 0.0452. The maximum atomic E-state index is 11.5. The maximum absolute atomic E-state index is 11.5. The van der Waals surface area contributed by atoms with Crippen molar-refractivity contribution in [2.75, 3.05) is 12.8 Å². The molecule has 1 amide bonds. The van der Waals surface area contributed by atoms with Crippen LogP contribution in [0.4, 0.5) is 0 Å². The van der Waals surface area contributed by atoms with Crippen molar-refractivity contribution < 1.29 is 4.79 Å². The Morgan fingerprint density at radius 3 is 2.78 bits per heavy atom. The number of aromatic nitrogens is 1. The van der Waals surface area contributed by atoms with Crippen LogP contribution in [0, 0.1) is 0 Å². The highest BCUT2D eigenvalue weighted by atomic mass is 32.2. The summed E-state index contributed by atoms with van der Waals surface area (Å²) in [6.45, 7) is 6.00. The van der Waals surface area contributed by atoms with Gasteiger partial charge in [0.25, 0.3) is 0 Å². The lowest BCUT2D eigenvalue weighted by atomic mass is 10.1. The predicted molar refractivity (Wildman–Crippen MR) is 75.7 cm³/mol. The fourth-order valence-corrected chi connectivity index (χ4v) is 2.16. The first-order chi connectivity index (χ1) is 8.52. The molecule has 1 unspecified atom stereocenters. The third-order valence-electron chi connectivity index (χ3n) is 2.49. The molecule has 0 saturated heterocycles. The Bertz CT molecular complexity index is 396. The van der Waals surface area contributed by atoms with Gasteiger partial charge in [-0.15, -0.1) is 0 Å². The van der Waals surface area contributed by atoms with Crippen molar-refractivity contribution in [1.29, 1.82) is 0 Å². The Kier molecular flexibility index (Phi) is 6.15. The lowest BCUT2D eigenvalue weighted by Crippen LogP contribution is -2.31. The molecule has 100 valence electrons. The minimum Gasteiger partial charge on any atom is -0.353 e. The number of hydrogen-bond acceptors (Lipinski definition) is 4. The van der Waals surface area contributed by atoms with Gasteiger partial charge in [0, 0.05) is 18.3 Å². The topological polar surface area (TPSA) is 54.0 Å². The molecule has 2 N–H and O–H groups in total. The molecule has 0 aromatic carbocycles. The SMILES string of the molecule is CNC(C)c1ccnc(SCC(=O)NC(C)C)c1. The van der Waals surface area contributed by atoms with Gasteiger partial charge >= 0.3 is 0 Å². The minimum absolute atomic E-state index is 0.0452. The number of nitrogens with zero attached hydrogens (tertiary/aromatic N) is 1. The van der Waals surface area contributed by atoms with Gasteiger partial charge in [-0.1, -0.05) is 11.8 Å². The summed E-state index contributed by atoms with van der Waals surface area (Å²) in [7, 11) is 1.92. The summed E-state index contributed by atoms with van der Waals surface area (Å²) in [5, 5.41) is 6.93. The number of amides is 1. The zero-order valence-electron chi connectivity index (χ0n) is 11.4. The molecule has 4 nitrogen and oxygen atoms in total. The first-order valence-corrected chi connectivity index (χ1v) is 7.07. The van der Waals surface area contributed by atoms with E-state index < -0.39 is 0 Å². The van der Waals surface area contributed by atoms with Gasteiger partial charge in [0.15, 0.2) is 0 Å². The lowest BCUT2D eigenvalue weighted by Gasteiger charge is -2.11. The van der Waals surface area contributed by atoms with Gasteiger partial charge in [0.1, 0.15) is 0 Å². The predicted octanol–water partition coefficient (Wildman–Crippen LogP) is 1.98. The molecule has 1 heterocycles. The summed E-state index contributed by atoms with van der Waals surface area (Å²) in [4.78, 5) is 15.8. The van der Waals surface area contributed by atoms with Crippen LogP contribution < -0.4 is 10.6 Å². The van der Waals surface area contributed by atoms with Crippen LogP contribution in [0.1, 0.15) is 32.4 Å². The summed E-state index contributed by atoms with van der Waals surface area (Å²) < 4.78 is 0. The van der Waals surface area contributed by atoms with Gasteiger partial charge in [-0.25, -0.2) is 4.98 Å². The van der Waals surface area contributed by atoms with Crippen molar-refractivity contribution in [3.8, 4) is 0 Å². The molecule has 1 aromatic heterocycles. The molecule has 0 aliphatic carbocycles. The van der Waals surface area contributed by atoms with Crippen molar-refractivity contribution in [3.05, 3.63) is 23.9 Å². The highest BCUT2D eigenvalue weighted by Gasteiger charge is 2.07. The molecule has 0 bridgehead atoms. The summed E-state index contributed by atoms with van der Waals surface area (Å²) >= 11 is 1.46. The van der Waals surface area contributed by atoms with Crippen LogP contribution in [0.2, 0.25) is 0 Å². The van der Waals surface area contributed by atoms with Gasteiger partial charge < -0.3 is 10.6 Å². The highest BCUT2D eigenvalue weighted by molar-refractivity contribution is 7.99. The number of thioether (sulfide) groups is 1. The second-order valence-electron chi connectivity index (χ2n) is 4.45. The Hall–Kier alpha value is -1.07. The Balaban J connectivity index is 2.55. The largest absolute Gasteiger partial charge is 0.353 e. The van der Waals surface area contributed by atoms with Crippen LogP contribution in [0.25, 0.3) is 0 Å². The zero-order valence-corrected chi connectivity index (χ0v) is 12.2. The molecule has 0 fully saturated rings. The van der Waals surface area contributed by atoms with E-state index in [0.29, 0.717) is 5.75 Å². The summed E-state index contributed by atoms with van der Waals surface area (Å²) in [5.74, 6) is 0.451. The van der Waals surface area contributed by atoms with E-state index in [1.807, 2.05) is 33.0 Å². The van der Waals surface area contributed by atoms with Gasteiger partial charge in [-0.2, -0.15) is 0 Å². The number of hydrogen-bond donors (Lipinski definition) is 2. The van der Waals surface area contributed by atoms with Gasteiger partial charge in [-0.05, 0) is 45.5 Å². The number of carbonyl (C=O) groups is 1. The van der Waals surface area contributed by atoms with Crippen LogP contribution in [0.5, 0.6) is 0 Å². The third kappa shape index (κ3) is 5.06. The summed E-state index contributed by atoms with van der Waals surface area (Å²) in [5.41, 5.74) is 1.18. The molecule has 0 radical (unpaired) electrons. The van der Waals surface area contributed by atoms with Gasteiger partial charge in [-0.3, -0.25) is 4.79 Å². The van der Waals surface area contributed by atoms with Crippen molar-refractivity contribution >= 4 is 17.7 Å². The third-order valence-corrected chi connectivity index (χ3v) is 3.42. The van der Waals surface area contributed by atoms with E-state index in [4.69, 9.17) is 0 Å². The molecule has 5 heteroatoms. The second-order valence-corrected chi connectivity index (χ2v) is 5.44. The summed E-state index contributed by atoms with van der Waals surface area (Å²) in [6.07, 6.45) is 1.78. The molecule has 1 rings (SSSR count). The molecule has 0 aliphatic rings. The van der Waals surface area contributed by atoms with Crippen LogP contribution in [0.3, 0.4) is 0 Å². The molecule has 18 heavy (non-hydrogen) atoms. The van der Waals surface area contributed by atoms with Crippen LogP contribution in [-0.4, -0.2) is 29.7 Å². The fourth-order valence-electron chi connectivity index (χ4n) is 1.44. The normalized spacial score (nSPS) is 12.5. The zero-order chi connectivity index (χ0) is 13.5. The monoisotopic (exact) mass is 267 g/mol.